The van der Waals surface area contributed by atoms with Gasteiger partial charge in [-0.3, -0.25) is 0 Å². The molecule has 3 rings (SSSR count). The summed E-state index contributed by atoms with van der Waals surface area (Å²) in [5.41, 5.74) is 1.12. The zero-order chi connectivity index (χ0) is 18.6. The predicted molar refractivity (Wildman–Crippen MR) is 101 cm³/mol. The van der Waals surface area contributed by atoms with Crippen LogP contribution in [0, 0.1) is 0 Å². The second-order valence-electron chi connectivity index (χ2n) is 6.22. The van der Waals surface area contributed by atoms with Crippen molar-refractivity contribution in [2.75, 3.05) is 6.54 Å². The molecule has 1 unspecified atom stereocenters. The first-order chi connectivity index (χ1) is 12.4. The first kappa shape index (κ1) is 18.2. The molecule has 0 saturated heterocycles. The third-order valence-corrected chi connectivity index (χ3v) is 4.36. The molecule has 26 heavy (non-hydrogen) atoms. The van der Waals surface area contributed by atoms with Gasteiger partial charge in [-0.15, -0.1) is 0 Å². The van der Waals surface area contributed by atoms with Crippen molar-refractivity contribution in [3.63, 3.8) is 0 Å². The van der Waals surface area contributed by atoms with Crippen LogP contribution in [0.15, 0.2) is 72.8 Å². The van der Waals surface area contributed by atoms with E-state index in [0.29, 0.717) is 12.1 Å². The Kier molecular flexibility index (Phi) is 5.43. The van der Waals surface area contributed by atoms with Crippen molar-refractivity contribution in [2.45, 2.75) is 19.1 Å². The monoisotopic (exact) mass is 355 g/mol. The number of halogens is 3. The molecule has 1 nitrogen and oxygen atoms in total. The van der Waals surface area contributed by atoms with Crippen LogP contribution in [-0.2, 0) is 6.18 Å². The zero-order valence-corrected chi connectivity index (χ0v) is 14.4. The Morgan fingerprint density at radius 3 is 2.50 bits per heavy atom. The van der Waals surface area contributed by atoms with Gasteiger partial charge in [0, 0.05) is 12.6 Å². The van der Waals surface area contributed by atoms with Gasteiger partial charge in [-0.25, -0.2) is 0 Å². The highest BCUT2D eigenvalue weighted by molar-refractivity contribution is 5.86. The van der Waals surface area contributed by atoms with Crippen molar-refractivity contribution >= 4 is 16.8 Å². The maximum atomic E-state index is 12.7. The molecule has 0 saturated carbocycles. The summed E-state index contributed by atoms with van der Waals surface area (Å²) < 4.78 is 38.2. The lowest BCUT2D eigenvalue weighted by atomic mass is 10.00. The minimum Gasteiger partial charge on any atom is -0.307 e. The molecule has 134 valence electrons. The highest BCUT2D eigenvalue weighted by Crippen LogP contribution is 2.29. The molecule has 0 radical (unpaired) electrons. The van der Waals surface area contributed by atoms with Crippen LogP contribution in [0.5, 0.6) is 0 Å². The number of rotatable bonds is 5. The molecule has 0 fully saturated rings. The molecule has 4 heteroatoms. The average Bonchev–Trinajstić information content (AvgIpc) is 2.64. The topological polar surface area (TPSA) is 12.0 Å². The lowest BCUT2D eigenvalue weighted by Crippen LogP contribution is -2.18. The summed E-state index contributed by atoms with van der Waals surface area (Å²) in [5, 5.41) is 5.80. The van der Waals surface area contributed by atoms with Gasteiger partial charge in [0.1, 0.15) is 0 Å². The van der Waals surface area contributed by atoms with E-state index in [1.54, 1.807) is 12.1 Å². The molecule has 3 aromatic rings. The first-order valence-corrected chi connectivity index (χ1v) is 8.50. The van der Waals surface area contributed by atoms with E-state index < -0.39 is 11.7 Å². The molecule has 0 bridgehead atoms. The number of hydrogen-bond acceptors (Lipinski definition) is 1. The third-order valence-electron chi connectivity index (χ3n) is 4.36. The Morgan fingerprint density at radius 2 is 1.69 bits per heavy atom. The van der Waals surface area contributed by atoms with Gasteiger partial charge >= 0.3 is 6.18 Å². The van der Waals surface area contributed by atoms with Crippen LogP contribution in [0.25, 0.3) is 16.8 Å². The molecular weight excluding hydrogens is 335 g/mol. The van der Waals surface area contributed by atoms with Gasteiger partial charge in [0.2, 0.25) is 0 Å². The first-order valence-electron chi connectivity index (χ1n) is 8.50. The van der Waals surface area contributed by atoms with Crippen molar-refractivity contribution in [3.05, 3.63) is 89.5 Å². The maximum Gasteiger partial charge on any atom is 0.416 e. The van der Waals surface area contributed by atoms with E-state index in [0.717, 1.165) is 12.1 Å². The van der Waals surface area contributed by atoms with Gasteiger partial charge in [0.15, 0.2) is 0 Å². The number of nitrogens with one attached hydrogen (secondary N) is 1. The Bertz CT molecular complexity index is 907. The van der Waals surface area contributed by atoms with Gasteiger partial charge in [-0.05, 0) is 41.0 Å². The molecule has 0 heterocycles. The van der Waals surface area contributed by atoms with Crippen LogP contribution < -0.4 is 5.32 Å². The zero-order valence-electron chi connectivity index (χ0n) is 14.4. The van der Waals surface area contributed by atoms with Crippen LogP contribution in [0.4, 0.5) is 13.2 Å². The molecule has 0 aromatic heterocycles. The molecule has 1 N–H and O–H groups in total. The van der Waals surface area contributed by atoms with E-state index in [4.69, 9.17) is 0 Å². The molecular formula is C22H20F3N. The molecule has 0 aliphatic rings. The second kappa shape index (κ2) is 7.75. The Labute approximate surface area is 151 Å². The van der Waals surface area contributed by atoms with Crippen molar-refractivity contribution in [1.29, 1.82) is 0 Å². The summed E-state index contributed by atoms with van der Waals surface area (Å²) in [6.45, 7) is 2.65. The van der Waals surface area contributed by atoms with Crippen molar-refractivity contribution in [2.24, 2.45) is 0 Å². The second-order valence-corrected chi connectivity index (χ2v) is 6.22. The van der Waals surface area contributed by atoms with Gasteiger partial charge in [0.25, 0.3) is 0 Å². The van der Waals surface area contributed by atoms with E-state index in [2.05, 4.69) is 36.5 Å². The summed E-state index contributed by atoms with van der Waals surface area (Å²) in [6.07, 6.45) is -0.764. The van der Waals surface area contributed by atoms with Crippen LogP contribution in [0.2, 0.25) is 0 Å². The van der Waals surface area contributed by atoms with Crippen LogP contribution in [-0.4, -0.2) is 6.54 Å². The number of hydrogen-bond donors (Lipinski definition) is 1. The van der Waals surface area contributed by atoms with E-state index in [1.165, 1.54) is 22.4 Å². The molecule has 0 amide bonds. The summed E-state index contributed by atoms with van der Waals surface area (Å²) in [5.74, 6) is 0. The maximum absolute atomic E-state index is 12.7. The lowest BCUT2D eigenvalue weighted by molar-refractivity contribution is -0.137. The fraction of sp³-hybridized carbons (Fsp3) is 0.182. The van der Waals surface area contributed by atoms with Crippen LogP contribution in [0.3, 0.4) is 0 Å². The normalized spacial score (nSPS) is 13.4. The van der Waals surface area contributed by atoms with E-state index in [1.807, 2.05) is 24.3 Å². The predicted octanol–water partition coefficient (Wildman–Crippen LogP) is 6.22. The minimum atomic E-state index is -4.31. The minimum absolute atomic E-state index is 0.132. The van der Waals surface area contributed by atoms with Gasteiger partial charge in [-0.2, -0.15) is 13.2 Å². The Morgan fingerprint density at radius 1 is 0.962 bits per heavy atom. The number of benzene rings is 3. The fourth-order valence-corrected chi connectivity index (χ4v) is 3.00. The average molecular weight is 355 g/mol. The summed E-state index contributed by atoms with van der Waals surface area (Å²) >= 11 is 0. The lowest BCUT2D eigenvalue weighted by Gasteiger charge is -2.15. The highest BCUT2D eigenvalue weighted by Gasteiger charge is 2.30. The molecule has 3 aromatic carbocycles. The summed E-state index contributed by atoms with van der Waals surface area (Å²) in [6, 6.07) is 19.9. The highest BCUT2D eigenvalue weighted by atomic mass is 19.4. The van der Waals surface area contributed by atoms with E-state index in [-0.39, 0.29) is 6.04 Å². The summed E-state index contributed by atoms with van der Waals surface area (Å²) in [7, 11) is 0. The fourth-order valence-electron chi connectivity index (χ4n) is 3.00. The molecule has 0 aliphatic heterocycles. The largest absolute Gasteiger partial charge is 0.416 e. The quantitative estimate of drug-likeness (QED) is 0.573. The van der Waals surface area contributed by atoms with Crippen molar-refractivity contribution in [1.82, 2.24) is 5.32 Å². The Balaban J connectivity index is 1.65. The standard InChI is InChI=1S/C22H20F3N/c1-16(20-13-5-10-18-9-2-3-12-21(18)20)26-14-6-8-17-7-4-11-19(15-17)22(23,24)25/h2-13,15-16,26H,14H2,1H3/b8-6+. The van der Waals surface area contributed by atoms with Gasteiger partial charge in [-0.1, -0.05) is 66.7 Å². The molecule has 1 atom stereocenters. The van der Waals surface area contributed by atoms with Crippen LogP contribution >= 0.6 is 0 Å². The van der Waals surface area contributed by atoms with Crippen molar-refractivity contribution in [3.8, 4) is 0 Å². The number of alkyl halides is 3. The van der Waals surface area contributed by atoms with E-state index in [9.17, 15) is 13.2 Å². The van der Waals surface area contributed by atoms with Gasteiger partial charge in [0.05, 0.1) is 5.56 Å². The smallest absolute Gasteiger partial charge is 0.307 e. The number of fused-ring (bicyclic) bond motifs is 1. The molecule has 0 spiro atoms. The summed E-state index contributed by atoms with van der Waals surface area (Å²) in [4.78, 5) is 0. The Hall–Kier alpha value is -2.59. The molecule has 0 aliphatic carbocycles. The van der Waals surface area contributed by atoms with E-state index >= 15 is 0 Å². The van der Waals surface area contributed by atoms with Gasteiger partial charge < -0.3 is 5.32 Å². The SMILES string of the molecule is CC(NC/C=C/c1cccc(C(F)(F)F)c1)c1cccc2ccccc12. The van der Waals surface area contributed by atoms with Crippen LogP contribution in [0.1, 0.15) is 29.7 Å². The third kappa shape index (κ3) is 4.33. The van der Waals surface area contributed by atoms with Crippen molar-refractivity contribution < 1.29 is 13.2 Å².